The van der Waals surface area contributed by atoms with Gasteiger partial charge >= 0.3 is 0 Å². The van der Waals surface area contributed by atoms with Crippen LogP contribution in [0.4, 0.5) is 0 Å². The monoisotopic (exact) mass is 266 g/mol. The number of hydrogen-bond donors (Lipinski definition) is 4. The number of phenols is 2. The summed E-state index contributed by atoms with van der Waals surface area (Å²) in [5.41, 5.74) is 5.94. The zero-order valence-electron chi connectivity index (χ0n) is 10.7. The van der Waals surface area contributed by atoms with Crippen molar-refractivity contribution in [3.63, 3.8) is 0 Å². The van der Waals surface area contributed by atoms with Crippen molar-refractivity contribution in [3.8, 4) is 11.5 Å². The number of carbonyl (C=O) groups excluding carboxylic acids is 1. The predicted octanol–water partition coefficient (Wildman–Crippen LogP) is 0.332. The molecule has 0 radical (unpaired) electrons. The van der Waals surface area contributed by atoms with Crippen molar-refractivity contribution in [3.05, 3.63) is 23.8 Å². The Balaban J connectivity index is 2.04. The number of nitrogens with one attached hydrogen (secondary N) is 1. The quantitative estimate of drug-likeness (QED) is 0.628. The van der Waals surface area contributed by atoms with Crippen LogP contribution in [0.25, 0.3) is 0 Å². The number of hydrogen-bond acceptors (Lipinski definition) is 5. The number of benzene rings is 1. The third kappa shape index (κ3) is 2.80. The topological polar surface area (TPSA) is 105 Å². The van der Waals surface area contributed by atoms with Crippen molar-refractivity contribution in [2.24, 2.45) is 5.73 Å². The SMILES string of the molecule is CCOC1CC(N)C1NC(=O)c1ccc(O)cc1O. The Morgan fingerprint density at radius 2 is 2.26 bits per heavy atom. The van der Waals surface area contributed by atoms with Crippen LogP contribution in [0.3, 0.4) is 0 Å². The molecule has 6 nitrogen and oxygen atoms in total. The summed E-state index contributed by atoms with van der Waals surface area (Å²) in [5.74, 6) is -0.790. The van der Waals surface area contributed by atoms with E-state index in [1.165, 1.54) is 12.1 Å². The van der Waals surface area contributed by atoms with Gasteiger partial charge in [-0.2, -0.15) is 0 Å². The number of phenolic OH excluding ortho intramolecular Hbond substituents is 2. The number of ether oxygens (including phenoxy) is 1. The van der Waals surface area contributed by atoms with Crippen LogP contribution in [-0.2, 0) is 4.74 Å². The maximum Gasteiger partial charge on any atom is 0.255 e. The summed E-state index contributed by atoms with van der Waals surface area (Å²) < 4.78 is 5.45. The lowest BCUT2D eigenvalue weighted by Crippen LogP contribution is -2.64. The number of carbonyl (C=O) groups is 1. The summed E-state index contributed by atoms with van der Waals surface area (Å²) in [6.07, 6.45) is 0.628. The standard InChI is InChI=1S/C13H18N2O4/c1-2-19-11-6-9(14)12(11)15-13(18)8-4-3-7(16)5-10(8)17/h3-5,9,11-12,16-17H,2,6,14H2,1H3,(H,15,18). The van der Waals surface area contributed by atoms with E-state index in [1.807, 2.05) is 6.92 Å². The van der Waals surface area contributed by atoms with Crippen LogP contribution >= 0.6 is 0 Å². The van der Waals surface area contributed by atoms with Gasteiger partial charge in [0.1, 0.15) is 11.5 Å². The molecule has 1 aliphatic rings. The van der Waals surface area contributed by atoms with E-state index in [-0.39, 0.29) is 35.3 Å². The Hall–Kier alpha value is -1.79. The highest BCUT2D eigenvalue weighted by Gasteiger charge is 2.40. The molecule has 1 aromatic carbocycles. The van der Waals surface area contributed by atoms with Crippen LogP contribution in [0, 0.1) is 0 Å². The number of aromatic hydroxyl groups is 2. The van der Waals surface area contributed by atoms with Gasteiger partial charge in [0.15, 0.2) is 0 Å². The van der Waals surface area contributed by atoms with Crippen molar-refractivity contribution in [1.29, 1.82) is 0 Å². The molecule has 1 fully saturated rings. The molecule has 1 aliphatic carbocycles. The Morgan fingerprint density at radius 1 is 1.53 bits per heavy atom. The molecule has 19 heavy (non-hydrogen) atoms. The summed E-state index contributed by atoms with van der Waals surface area (Å²) in [5, 5.41) is 21.5. The van der Waals surface area contributed by atoms with E-state index < -0.39 is 5.91 Å². The fraction of sp³-hybridized carbons (Fsp3) is 0.462. The second-order valence-corrected chi connectivity index (χ2v) is 4.59. The minimum Gasteiger partial charge on any atom is -0.508 e. The van der Waals surface area contributed by atoms with Gasteiger partial charge in [0.2, 0.25) is 0 Å². The molecule has 3 atom stereocenters. The second-order valence-electron chi connectivity index (χ2n) is 4.59. The van der Waals surface area contributed by atoms with E-state index in [4.69, 9.17) is 10.5 Å². The molecule has 6 heteroatoms. The largest absolute Gasteiger partial charge is 0.508 e. The molecule has 104 valence electrons. The van der Waals surface area contributed by atoms with Crippen molar-refractivity contribution >= 4 is 5.91 Å². The first-order chi connectivity index (χ1) is 9.02. The fourth-order valence-corrected chi connectivity index (χ4v) is 2.17. The van der Waals surface area contributed by atoms with Gasteiger partial charge < -0.3 is 26.0 Å². The molecular weight excluding hydrogens is 248 g/mol. The average Bonchev–Trinajstić information content (AvgIpc) is 2.35. The molecule has 0 heterocycles. The van der Waals surface area contributed by atoms with Crippen molar-refractivity contribution < 1.29 is 19.7 Å². The molecule has 0 aliphatic heterocycles. The Morgan fingerprint density at radius 3 is 2.84 bits per heavy atom. The van der Waals surface area contributed by atoms with Gasteiger partial charge in [0.05, 0.1) is 17.7 Å². The highest BCUT2D eigenvalue weighted by atomic mass is 16.5. The predicted molar refractivity (Wildman–Crippen MR) is 69.0 cm³/mol. The van der Waals surface area contributed by atoms with E-state index in [9.17, 15) is 15.0 Å². The molecule has 0 aromatic heterocycles. The molecule has 3 unspecified atom stereocenters. The molecule has 2 rings (SSSR count). The van der Waals surface area contributed by atoms with Crippen molar-refractivity contribution in [2.45, 2.75) is 31.5 Å². The van der Waals surface area contributed by atoms with Crippen molar-refractivity contribution in [1.82, 2.24) is 5.32 Å². The Labute approximate surface area is 111 Å². The molecule has 1 amide bonds. The van der Waals surface area contributed by atoms with E-state index >= 15 is 0 Å². The first-order valence-electron chi connectivity index (χ1n) is 6.23. The summed E-state index contributed by atoms with van der Waals surface area (Å²) in [6, 6.07) is 3.44. The van der Waals surface area contributed by atoms with Crippen LogP contribution in [0.15, 0.2) is 18.2 Å². The lowest BCUT2D eigenvalue weighted by atomic mass is 9.83. The van der Waals surface area contributed by atoms with Gasteiger partial charge in [-0.15, -0.1) is 0 Å². The maximum absolute atomic E-state index is 12.0. The molecule has 0 spiro atoms. The maximum atomic E-state index is 12.0. The van der Waals surface area contributed by atoms with Gasteiger partial charge in [0.25, 0.3) is 5.91 Å². The van der Waals surface area contributed by atoms with Crippen LogP contribution in [0.5, 0.6) is 11.5 Å². The first-order valence-corrected chi connectivity index (χ1v) is 6.23. The van der Waals surface area contributed by atoms with Crippen LogP contribution < -0.4 is 11.1 Å². The third-order valence-electron chi connectivity index (χ3n) is 3.27. The molecule has 5 N–H and O–H groups in total. The van der Waals surface area contributed by atoms with Gasteiger partial charge in [-0.25, -0.2) is 0 Å². The number of amides is 1. The van der Waals surface area contributed by atoms with Crippen LogP contribution in [0.2, 0.25) is 0 Å². The zero-order valence-corrected chi connectivity index (χ0v) is 10.7. The molecule has 1 saturated carbocycles. The van der Waals surface area contributed by atoms with E-state index in [0.29, 0.717) is 13.0 Å². The normalized spacial score (nSPS) is 25.7. The van der Waals surface area contributed by atoms with E-state index in [0.717, 1.165) is 6.07 Å². The first kappa shape index (κ1) is 13.6. The Bertz CT molecular complexity index is 476. The van der Waals surface area contributed by atoms with Gasteiger partial charge in [0, 0.05) is 18.7 Å². The summed E-state index contributed by atoms with van der Waals surface area (Å²) in [4.78, 5) is 12.0. The second kappa shape index (κ2) is 5.46. The molecule has 0 saturated heterocycles. The minimum atomic E-state index is -0.428. The number of nitrogens with two attached hydrogens (primary N) is 1. The molecule has 1 aromatic rings. The van der Waals surface area contributed by atoms with Gasteiger partial charge in [-0.3, -0.25) is 4.79 Å². The minimum absolute atomic E-state index is 0.0804. The third-order valence-corrected chi connectivity index (χ3v) is 3.27. The van der Waals surface area contributed by atoms with Crippen molar-refractivity contribution in [2.75, 3.05) is 6.61 Å². The fourth-order valence-electron chi connectivity index (χ4n) is 2.17. The van der Waals surface area contributed by atoms with Gasteiger partial charge in [-0.05, 0) is 25.5 Å². The summed E-state index contributed by atoms with van der Waals surface area (Å²) in [6.45, 7) is 2.45. The van der Waals surface area contributed by atoms with Crippen LogP contribution in [-0.4, -0.2) is 40.9 Å². The lowest BCUT2D eigenvalue weighted by Gasteiger charge is -2.42. The van der Waals surface area contributed by atoms with E-state index in [1.54, 1.807) is 0 Å². The molecular formula is C13H18N2O4. The molecule has 0 bridgehead atoms. The number of rotatable bonds is 4. The summed E-state index contributed by atoms with van der Waals surface area (Å²) >= 11 is 0. The lowest BCUT2D eigenvalue weighted by molar-refractivity contribution is -0.0300. The summed E-state index contributed by atoms with van der Waals surface area (Å²) in [7, 11) is 0. The highest BCUT2D eigenvalue weighted by molar-refractivity contribution is 5.97. The van der Waals surface area contributed by atoms with Gasteiger partial charge in [-0.1, -0.05) is 0 Å². The Kier molecular flexibility index (Phi) is 3.92. The highest BCUT2D eigenvalue weighted by Crippen LogP contribution is 2.25. The van der Waals surface area contributed by atoms with Crippen LogP contribution in [0.1, 0.15) is 23.7 Å². The zero-order chi connectivity index (χ0) is 14.0. The smallest absolute Gasteiger partial charge is 0.255 e. The van der Waals surface area contributed by atoms with E-state index in [2.05, 4.69) is 5.32 Å². The average molecular weight is 266 g/mol.